The van der Waals surface area contributed by atoms with Crippen LogP contribution >= 0.6 is 11.3 Å². The Morgan fingerprint density at radius 2 is 2.32 bits per heavy atom. The van der Waals surface area contributed by atoms with Gasteiger partial charge in [-0.05, 0) is 37.4 Å². The van der Waals surface area contributed by atoms with Crippen molar-refractivity contribution in [2.75, 3.05) is 6.54 Å². The molecule has 2 rings (SSSR count). The van der Waals surface area contributed by atoms with Crippen LogP contribution in [-0.2, 0) is 12.8 Å². The topological polar surface area (TPSA) is 37.8 Å². The van der Waals surface area contributed by atoms with E-state index in [1.54, 1.807) is 11.3 Å². The van der Waals surface area contributed by atoms with Gasteiger partial charge in [-0.15, -0.1) is 11.3 Å². The van der Waals surface area contributed by atoms with E-state index >= 15 is 0 Å². The predicted molar refractivity (Wildman–Crippen MR) is 80.5 cm³/mol. The molecule has 1 unspecified atom stereocenters. The maximum absolute atomic E-state index is 4.39. The summed E-state index contributed by atoms with van der Waals surface area (Å²) in [5.74, 6) is 0. The molecule has 3 nitrogen and oxygen atoms in total. The normalized spacial score (nSPS) is 12.5. The van der Waals surface area contributed by atoms with Gasteiger partial charge in [0.05, 0.1) is 5.01 Å². The number of hydrogen-bond donors (Lipinski definition) is 1. The average molecular weight is 275 g/mol. The van der Waals surface area contributed by atoms with Gasteiger partial charge in [-0.1, -0.05) is 13.0 Å². The summed E-state index contributed by atoms with van der Waals surface area (Å²) >= 11 is 1.74. The van der Waals surface area contributed by atoms with Crippen molar-refractivity contribution in [2.24, 2.45) is 0 Å². The SMILES string of the molecule is CCCNC(CCc1cccnc1)Cc1nccs1. The fourth-order valence-corrected chi connectivity index (χ4v) is 2.77. The second-order valence-corrected chi connectivity index (χ2v) is 5.66. The molecule has 1 N–H and O–H groups in total. The number of hydrogen-bond acceptors (Lipinski definition) is 4. The molecule has 19 heavy (non-hydrogen) atoms. The van der Waals surface area contributed by atoms with E-state index < -0.39 is 0 Å². The van der Waals surface area contributed by atoms with Gasteiger partial charge in [0.1, 0.15) is 0 Å². The average Bonchev–Trinajstić information content (AvgIpc) is 2.96. The zero-order valence-electron chi connectivity index (χ0n) is 11.4. The first-order valence-electron chi connectivity index (χ1n) is 6.89. The quantitative estimate of drug-likeness (QED) is 0.804. The van der Waals surface area contributed by atoms with Crippen LogP contribution < -0.4 is 5.32 Å². The van der Waals surface area contributed by atoms with Crippen molar-refractivity contribution in [3.8, 4) is 0 Å². The molecule has 0 radical (unpaired) electrons. The molecule has 0 amide bonds. The highest BCUT2D eigenvalue weighted by Gasteiger charge is 2.10. The van der Waals surface area contributed by atoms with Crippen LogP contribution in [0.4, 0.5) is 0 Å². The van der Waals surface area contributed by atoms with Crippen LogP contribution in [0.25, 0.3) is 0 Å². The van der Waals surface area contributed by atoms with Crippen molar-refractivity contribution < 1.29 is 0 Å². The van der Waals surface area contributed by atoms with Crippen LogP contribution in [0.3, 0.4) is 0 Å². The lowest BCUT2D eigenvalue weighted by molar-refractivity contribution is 0.476. The van der Waals surface area contributed by atoms with E-state index in [0.29, 0.717) is 6.04 Å². The second-order valence-electron chi connectivity index (χ2n) is 4.68. The molecule has 2 heterocycles. The van der Waals surface area contributed by atoms with Crippen LogP contribution in [0.5, 0.6) is 0 Å². The van der Waals surface area contributed by atoms with Crippen LogP contribution in [0.2, 0.25) is 0 Å². The minimum absolute atomic E-state index is 0.506. The van der Waals surface area contributed by atoms with Crippen LogP contribution in [0.1, 0.15) is 30.3 Å². The Bertz CT molecular complexity index is 442. The van der Waals surface area contributed by atoms with E-state index in [2.05, 4.69) is 28.3 Å². The standard InChI is InChI=1S/C15H21N3S/c1-2-7-17-14(11-15-18-9-10-19-15)6-5-13-4-3-8-16-12-13/h3-4,8-10,12,14,17H,2,5-7,11H2,1H3. The summed E-state index contributed by atoms with van der Waals surface area (Å²) in [6.07, 6.45) is 10.1. The molecular weight excluding hydrogens is 254 g/mol. The van der Waals surface area contributed by atoms with Crippen molar-refractivity contribution in [3.05, 3.63) is 46.7 Å². The van der Waals surface area contributed by atoms with Gasteiger partial charge >= 0.3 is 0 Å². The summed E-state index contributed by atoms with van der Waals surface area (Å²) in [6.45, 7) is 3.28. The third-order valence-electron chi connectivity index (χ3n) is 3.09. The lowest BCUT2D eigenvalue weighted by atomic mass is 10.0. The maximum atomic E-state index is 4.39. The molecule has 0 aliphatic heterocycles. The molecule has 2 aromatic heterocycles. The molecule has 0 saturated carbocycles. The maximum Gasteiger partial charge on any atom is 0.0940 e. The van der Waals surface area contributed by atoms with Gasteiger partial charge in [-0.25, -0.2) is 4.98 Å². The number of aromatic nitrogens is 2. The summed E-state index contributed by atoms with van der Waals surface area (Å²) in [5, 5.41) is 6.90. The molecule has 0 spiro atoms. The summed E-state index contributed by atoms with van der Waals surface area (Å²) in [7, 11) is 0. The molecule has 0 saturated heterocycles. The highest BCUT2D eigenvalue weighted by Crippen LogP contribution is 2.11. The number of aryl methyl sites for hydroxylation is 1. The van der Waals surface area contributed by atoms with Crippen molar-refractivity contribution in [1.82, 2.24) is 15.3 Å². The zero-order chi connectivity index (χ0) is 13.3. The number of thiazole rings is 1. The van der Waals surface area contributed by atoms with E-state index in [-0.39, 0.29) is 0 Å². The van der Waals surface area contributed by atoms with Crippen LogP contribution in [0, 0.1) is 0 Å². The molecule has 0 aliphatic carbocycles. The largest absolute Gasteiger partial charge is 0.314 e. The van der Waals surface area contributed by atoms with E-state index in [0.717, 1.165) is 25.8 Å². The third-order valence-corrected chi connectivity index (χ3v) is 3.89. The minimum atomic E-state index is 0.506. The van der Waals surface area contributed by atoms with Crippen molar-refractivity contribution in [2.45, 2.75) is 38.6 Å². The van der Waals surface area contributed by atoms with Gasteiger partial charge in [0.15, 0.2) is 0 Å². The highest BCUT2D eigenvalue weighted by atomic mass is 32.1. The van der Waals surface area contributed by atoms with Gasteiger partial charge in [0.2, 0.25) is 0 Å². The van der Waals surface area contributed by atoms with Gasteiger partial charge in [-0.3, -0.25) is 4.98 Å². The summed E-state index contributed by atoms with van der Waals surface area (Å²) in [6, 6.07) is 4.66. The molecular formula is C15H21N3S. The van der Waals surface area contributed by atoms with Crippen LogP contribution in [0.15, 0.2) is 36.1 Å². The Hall–Kier alpha value is -1.26. The molecule has 0 bridgehead atoms. The fraction of sp³-hybridized carbons (Fsp3) is 0.467. The number of nitrogens with one attached hydrogen (secondary N) is 1. The highest BCUT2D eigenvalue weighted by molar-refractivity contribution is 7.09. The van der Waals surface area contributed by atoms with Gasteiger partial charge < -0.3 is 5.32 Å². The van der Waals surface area contributed by atoms with Gasteiger partial charge in [-0.2, -0.15) is 0 Å². The van der Waals surface area contributed by atoms with E-state index in [1.807, 2.05) is 30.0 Å². The van der Waals surface area contributed by atoms with E-state index in [1.165, 1.54) is 17.0 Å². The molecule has 1 atom stereocenters. The van der Waals surface area contributed by atoms with Crippen LogP contribution in [-0.4, -0.2) is 22.6 Å². The minimum Gasteiger partial charge on any atom is -0.314 e. The third kappa shape index (κ3) is 5.09. The molecule has 4 heteroatoms. The Balaban J connectivity index is 1.86. The van der Waals surface area contributed by atoms with Gasteiger partial charge in [0.25, 0.3) is 0 Å². The summed E-state index contributed by atoms with van der Waals surface area (Å²) in [4.78, 5) is 8.56. The Kier molecular flexibility index (Phi) is 5.98. The summed E-state index contributed by atoms with van der Waals surface area (Å²) in [5.41, 5.74) is 1.31. The molecule has 0 fully saturated rings. The number of pyridine rings is 1. The van der Waals surface area contributed by atoms with Crippen molar-refractivity contribution in [3.63, 3.8) is 0 Å². The van der Waals surface area contributed by atoms with Gasteiger partial charge in [0, 0.05) is 36.4 Å². The monoisotopic (exact) mass is 275 g/mol. The number of nitrogens with zero attached hydrogens (tertiary/aromatic N) is 2. The van der Waals surface area contributed by atoms with E-state index in [9.17, 15) is 0 Å². The fourth-order valence-electron chi connectivity index (χ4n) is 2.08. The number of rotatable bonds is 8. The first kappa shape index (κ1) is 14.2. The molecule has 2 aromatic rings. The first-order chi connectivity index (χ1) is 9.38. The zero-order valence-corrected chi connectivity index (χ0v) is 12.2. The lowest BCUT2D eigenvalue weighted by Gasteiger charge is -2.17. The lowest BCUT2D eigenvalue weighted by Crippen LogP contribution is -2.32. The van der Waals surface area contributed by atoms with Crippen molar-refractivity contribution in [1.29, 1.82) is 0 Å². The Morgan fingerprint density at radius 1 is 1.37 bits per heavy atom. The molecule has 0 aliphatic rings. The first-order valence-corrected chi connectivity index (χ1v) is 7.77. The molecule has 0 aromatic carbocycles. The summed E-state index contributed by atoms with van der Waals surface area (Å²) < 4.78 is 0. The smallest absolute Gasteiger partial charge is 0.0940 e. The Labute approximate surface area is 119 Å². The predicted octanol–water partition coefficient (Wildman–Crippen LogP) is 3.08. The Morgan fingerprint density at radius 3 is 3.00 bits per heavy atom. The van der Waals surface area contributed by atoms with Crippen molar-refractivity contribution >= 4 is 11.3 Å². The van der Waals surface area contributed by atoms with E-state index in [4.69, 9.17) is 0 Å². The second kappa shape index (κ2) is 8.02. The molecule has 102 valence electrons.